The van der Waals surface area contributed by atoms with Crippen molar-refractivity contribution >= 4 is 9.73 Å². The molecule has 0 amide bonds. The predicted octanol–water partition coefficient (Wildman–Crippen LogP) is 1.00. The maximum Gasteiger partial charge on any atom is 0.0679 e. The number of likely N-dealkylation sites (tertiary alicyclic amines) is 1. The van der Waals surface area contributed by atoms with E-state index in [4.69, 9.17) is 4.78 Å². The summed E-state index contributed by atoms with van der Waals surface area (Å²) in [5.74, 6) is 0.671. The van der Waals surface area contributed by atoms with Crippen LogP contribution in [0.4, 0.5) is 0 Å². The average Bonchev–Trinajstić information content (AvgIpc) is 1.73. The van der Waals surface area contributed by atoms with Gasteiger partial charge in [0.25, 0.3) is 0 Å². The zero-order valence-corrected chi connectivity index (χ0v) is 8.86. The predicted molar refractivity (Wildman–Crippen MR) is 51.9 cm³/mol. The minimum Gasteiger partial charge on any atom is -0.301 e. The molecule has 0 aliphatic carbocycles. The lowest BCUT2D eigenvalue weighted by Crippen LogP contribution is -2.54. The third kappa shape index (κ3) is 2.45. The van der Waals surface area contributed by atoms with Crippen molar-refractivity contribution in [2.24, 2.45) is 5.92 Å². The summed E-state index contributed by atoms with van der Waals surface area (Å²) in [6, 6.07) is 0. The molecule has 0 aromatic carbocycles. The molecule has 3 nitrogen and oxygen atoms in total. The summed E-state index contributed by atoms with van der Waals surface area (Å²) in [5, 5.41) is 0.122. The molecule has 0 spiro atoms. The van der Waals surface area contributed by atoms with Gasteiger partial charge in [0.15, 0.2) is 0 Å². The second-order valence-electron chi connectivity index (χ2n) is 4.14. The molecule has 0 bridgehead atoms. The summed E-state index contributed by atoms with van der Waals surface area (Å²) in [5.41, 5.74) is 0. The van der Waals surface area contributed by atoms with Crippen LogP contribution in [0.3, 0.4) is 0 Å². The molecular weight excluding hydrogens is 172 g/mol. The standard InChI is InChI=1S/C8H18N2OS/c1-7(2)4-10-5-8(6-10)12(3,9)11/h7-9H,4-6H2,1-3H3. The fourth-order valence-corrected chi connectivity index (χ4v) is 2.46. The lowest BCUT2D eigenvalue weighted by Gasteiger charge is -2.40. The van der Waals surface area contributed by atoms with E-state index < -0.39 is 9.73 Å². The first-order valence-electron chi connectivity index (χ1n) is 4.34. The van der Waals surface area contributed by atoms with Crippen LogP contribution in [0.1, 0.15) is 13.8 Å². The molecule has 0 radical (unpaired) electrons. The maximum absolute atomic E-state index is 11.2. The summed E-state index contributed by atoms with van der Waals surface area (Å²) in [6.45, 7) is 7.15. The average molecular weight is 190 g/mol. The van der Waals surface area contributed by atoms with Crippen LogP contribution in [0, 0.1) is 10.7 Å². The van der Waals surface area contributed by atoms with Crippen LogP contribution in [0.5, 0.6) is 0 Å². The lowest BCUT2D eigenvalue weighted by atomic mass is 10.1. The van der Waals surface area contributed by atoms with Gasteiger partial charge in [0.05, 0.1) is 5.25 Å². The van der Waals surface area contributed by atoms with Crippen LogP contribution in [0.25, 0.3) is 0 Å². The van der Waals surface area contributed by atoms with Gasteiger partial charge in [-0.1, -0.05) is 13.8 Å². The van der Waals surface area contributed by atoms with E-state index in [1.54, 1.807) is 6.26 Å². The quantitative estimate of drug-likeness (QED) is 0.721. The Hall–Kier alpha value is -0.0900. The molecule has 4 heteroatoms. The molecule has 1 saturated heterocycles. The maximum atomic E-state index is 11.2. The van der Waals surface area contributed by atoms with Crippen molar-refractivity contribution in [3.05, 3.63) is 0 Å². The highest BCUT2D eigenvalue weighted by Gasteiger charge is 2.31. The van der Waals surface area contributed by atoms with E-state index in [2.05, 4.69) is 18.7 Å². The molecule has 1 rings (SSSR count). The summed E-state index contributed by atoms with van der Waals surface area (Å²) >= 11 is 0. The smallest absolute Gasteiger partial charge is 0.0679 e. The van der Waals surface area contributed by atoms with Gasteiger partial charge in [-0.05, 0) is 5.92 Å². The summed E-state index contributed by atoms with van der Waals surface area (Å²) < 4.78 is 18.6. The molecule has 0 aromatic rings. The van der Waals surface area contributed by atoms with Crippen molar-refractivity contribution < 1.29 is 4.21 Å². The topological polar surface area (TPSA) is 44.2 Å². The number of nitrogens with one attached hydrogen (secondary N) is 1. The van der Waals surface area contributed by atoms with Crippen LogP contribution in [-0.4, -0.2) is 40.2 Å². The van der Waals surface area contributed by atoms with Crippen molar-refractivity contribution in [2.45, 2.75) is 19.1 Å². The second kappa shape index (κ2) is 3.34. The fraction of sp³-hybridized carbons (Fsp3) is 1.00. The van der Waals surface area contributed by atoms with E-state index in [9.17, 15) is 4.21 Å². The highest BCUT2D eigenvalue weighted by Crippen LogP contribution is 2.16. The van der Waals surface area contributed by atoms with Gasteiger partial charge in [0.1, 0.15) is 0 Å². The largest absolute Gasteiger partial charge is 0.301 e. The monoisotopic (exact) mass is 190 g/mol. The molecule has 0 saturated carbocycles. The highest BCUT2D eigenvalue weighted by molar-refractivity contribution is 7.92. The van der Waals surface area contributed by atoms with E-state index in [0.717, 1.165) is 19.6 Å². The molecule has 1 heterocycles. The first kappa shape index (κ1) is 9.99. The van der Waals surface area contributed by atoms with E-state index in [1.165, 1.54) is 0 Å². The van der Waals surface area contributed by atoms with E-state index >= 15 is 0 Å². The Bertz CT molecular complexity index is 240. The Morgan fingerprint density at radius 3 is 2.42 bits per heavy atom. The van der Waals surface area contributed by atoms with Crippen molar-refractivity contribution in [3.63, 3.8) is 0 Å². The SMILES string of the molecule is CC(C)CN1CC(S(C)(=N)=O)C1. The molecular formula is C8H18N2OS. The van der Waals surface area contributed by atoms with Gasteiger partial charge < -0.3 is 4.90 Å². The van der Waals surface area contributed by atoms with Gasteiger partial charge >= 0.3 is 0 Å². The Kier molecular flexibility index (Phi) is 2.78. The molecule has 1 fully saturated rings. The summed E-state index contributed by atoms with van der Waals surface area (Å²) in [6.07, 6.45) is 1.55. The Morgan fingerprint density at radius 2 is 2.08 bits per heavy atom. The fourth-order valence-electron chi connectivity index (χ4n) is 1.47. The van der Waals surface area contributed by atoms with Gasteiger partial charge in [-0.25, -0.2) is 4.21 Å². The Labute approximate surface area is 75.1 Å². The van der Waals surface area contributed by atoms with E-state index in [1.807, 2.05) is 0 Å². The van der Waals surface area contributed by atoms with Crippen LogP contribution in [0.2, 0.25) is 0 Å². The van der Waals surface area contributed by atoms with Gasteiger partial charge in [-0.3, -0.25) is 4.78 Å². The van der Waals surface area contributed by atoms with Crippen molar-refractivity contribution in [1.29, 1.82) is 4.78 Å². The minimum atomic E-state index is -2.28. The van der Waals surface area contributed by atoms with Crippen LogP contribution >= 0.6 is 0 Å². The third-order valence-corrected chi connectivity index (χ3v) is 3.75. The lowest BCUT2D eigenvalue weighted by molar-refractivity contribution is 0.166. The number of rotatable bonds is 3. The number of hydrogen-bond acceptors (Lipinski definition) is 3. The van der Waals surface area contributed by atoms with Crippen molar-refractivity contribution in [2.75, 3.05) is 25.9 Å². The minimum absolute atomic E-state index is 0.122. The van der Waals surface area contributed by atoms with E-state index in [-0.39, 0.29) is 5.25 Å². The second-order valence-corrected chi connectivity index (χ2v) is 6.61. The molecule has 12 heavy (non-hydrogen) atoms. The third-order valence-electron chi connectivity index (χ3n) is 2.18. The Morgan fingerprint density at radius 1 is 1.58 bits per heavy atom. The molecule has 0 aromatic heterocycles. The number of nitrogens with zero attached hydrogens (tertiary/aromatic N) is 1. The van der Waals surface area contributed by atoms with Crippen LogP contribution in [-0.2, 0) is 9.73 Å². The Balaban J connectivity index is 2.30. The van der Waals surface area contributed by atoms with Gasteiger partial charge in [0, 0.05) is 35.6 Å². The normalized spacial score (nSPS) is 25.3. The summed E-state index contributed by atoms with van der Waals surface area (Å²) in [7, 11) is -2.28. The van der Waals surface area contributed by atoms with Crippen molar-refractivity contribution in [3.8, 4) is 0 Å². The molecule has 72 valence electrons. The van der Waals surface area contributed by atoms with Gasteiger partial charge in [-0.15, -0.1) is 0 Å². The van der Waals surface area contributed by atoms with E-state index in [0.29, 0.717) is 5.92 Å². The van der Waals surface area contributed by atoms with Crippen molar-refractivity contribution in [1.82, 2.24) is 4.90 Å². The van der Waals surface area contributed by atoms with Crippen LogP contribution in [0.15, 0.2) is 0 Å². The van der Waals surface area contributed by atoms with Gasteiger partial charge in [0.2, 0.25) is 0 Å². The highest BCUT2D eigenvalue weighted by atomic mass is 32.2. The molecule has 1 aliphatic rings. The molecule has 1 atom stereocenters. The first-order valence-corrected chi connectivity index (χ1v) is 6.37. The molecule has 1 aliphatic heterocycles. The summed E-state index contributed by atoms with van der Waals surface area (Å²) in [4.78, 5) is 2.27. The van der Waals surface area contributed by atoms with Gasteiger partial charge in [-0.2, -0.15) is 0 Å². The molecule has 1 N–H and O–H groups in total. The zero-order valence-electron chi connectivity index (χ0n) is 8.04. The molecule has 1 unspecified atom stereocenters. The van der Waals surface area contributed by atoms with Crippen LogP contribution < -0.4 is 0 Å². The first-order chi connectivity index (χ1) is 5.39. The number of hydrogen-bond donors (Lipinski definition) is 1. The zero-order chi connectivity index (χ0) is 9.35.